The number of hydrogen-bond donors (Lipinski definition) is 1. The van der Waals surface area contributed by atoms with Crippen LogP contribution in [0.3, 0.4) is 0 Å². The molecule has 0 amide bonds. The largest absolute Gasteiger partial charge is 0.497 e. The van der Waals surface area contributed by atoms with Crippen molar-refractivity contribution < 1.29 is 22.6 Å². The highest BCUT2D eigenvalue weighted by molar-refractivity contribution is 7.89. The molecule has 0 bridgehead atoms. The minimum absolute atomic E-state index is 0.0544. The highest BCUT2D eigenvalue weighted by Gasteiger charge is 2.19. The molecule has 1 N–H and O–H groups in total. The molecule has 0 saturated heterocycles. The normalized spacial score (nSPS) is 12.6. The molecule has 0 radical (unpaired) electrons. The van der Waals surface area contributed by atoms with E-state index in [9.17, 15) is 8.42 Å². The summed E-state index contributed by atoms with van der Waals surface area (Å²) < 4.78 is 43.1. The summed E-state index contributed by atoms with van der Waals surface area (Å²) in [6, 6.07) is 11.5. The highest BCUT2D eigenvalue weighted by Crippen LogP contribution is 2.27. The van der Waals surface area contributed by atoms with E-state index in [0.29, 0.717) is 11.5 Å². The molecule has 0 aliphatic heterocycles. The number of hydrogen-bond acceptors (Lipinski definition) is 5. The van der Waals surface area contributed by atoms with Gasteiger partial charge in [0.25, 0.3) is 0 Å². The zero-order valence-electron chi connectivity index (χ0n) is 14.2. The molecule has 2 rings (SSSR count). The Bertz CT molecular complexity index is 826. The van der Waals surface area contributed by atoms with E-state index in [1.807, 2.05) is 12.1 Å². The summed E-state index contributed by atoms with van der Waals surface area (Å²) in [5.74, 6) is 1.08. The third-order valence-corrected chi connectivity index (χ3v) is 5.36. The van der Waals surface area contributed by atoms with Gasteiger partial charge in [-0.2, -0.15) is 0 Å². The summed E-state index contributed by atoms with van der Waals surface area (Å²) in [7, 11) is 0.808. The van der Waals surface area contributed by atoms with Gasteiger partial charge in [0.05, 0.1) is 30.2 Å². The van der Waals surface area contributed by atoms with Crippen LogP contribution in [0.2, 0.25) is 5.02 Å². The Kier molecular flexibility index (Phi) is 6.66. The van der Waals surface area contributed by atoms with Crippen LogP contribution < -0.4 is 14.2 Å². The van der Waals surface area contributed by atoms with E-state index in [-0.39, 0.29) is 16.5 Å². The molecule has 136 valence electrons. The van der Waals surface area contributed by atoms with E-state index in [1.165, 1.54) is 32.4 Å². The maximum absolute atomic E-state index is 12.5. The summed E-state index contributed by atoms with van der Waals surface area (Å²) in [5, 5.41) is 0.224. The first kappa shape index (κ1) is 19.5. The average molecular weight is 386 g/mol. The van der Waals surface area contributed by atoms with Gasteiger partial charge in [-0.15, -0.1) is 0 Å². The number of benzene rings is 2. The number of sulfonamides is 1. The van der Waals surface area contributed by atoms with Crippen LogP contribution >= 0.6 is 11.6 Å². The topological polar surface area (TPSA) is 73.9 Å². The summed E-state index contributed by atoms with van der Waals surface area (Å²) in [6.07, 6.45) is -0.460. The first-order valence-corrected chi connectivity index (χ1v) is 9.27. The molecule has 2 aromatic carbocycles. The first-order chi connectivity index (χ1) is 11.9. The lowest BCUT2D eigenvalue weighted by atomic mass is 10.1. The predicted octanol–water partition coefficient (Wildman–Crippen LogP) is 3.02. The van der Waals surface area contributed by atoms with Gasteiger partial charge in [-0.25, -0.2) is 13.1 Å². The molecular formula is C17H20ClNO5S. The minimum Gasteiger partial charge on any atom is -0.497 e. The van der Waals surface area contributed by atoms with E-state index >= 15 is 0 Å². The number of methoxy groups -OCH3 is 3. The molecule has 0 aromatic heterocycles. The molecule has 0 spiro atoms. The molecule has 25 heavy (non-hydrogen) atoms. The second kappa shape index (κ2) is 8.53. The summed E-state index contributed by atoms with van der Waals surface area (Å²) in [5.41, 5.74) is 0.803. The SMILES string of the molecule is COc1cccc([C@H](CNS(=O)(=O)c2ccc(OC)c(Cl)c2)OC)c1. The van der Waals surface area contributed by atoms with Gasteiger partial charge in [-0.1, -0.05) is 23.7 Å². The minimum atomic E-state index is -3.74. The van der Waals surface area contributed by atoms with Gasteiger partial charge >= 0.3 is 0 Å². The molecule has 2 aromatic rings. The van der Waals surface area contributed by atoms with Crippen molar-refractivity contribution in [3.05, 3.63) is 53.1 Å². The molecule has 0 fully saturated rings. The van der Waals surface area contributed by atoms with Crippen molar-refractivity contribution in [3.63, 3.8) is 0 Å². The predicted molar refractivity (Wildman–Crippen MR) is 95.9 cm³/mol. The monoisotopic (exact) mass is 385 g/mol. The fraction of sp³-hybridized carbons (Fsp3) is 0.294. The smallest absolute Gasteiger partial charge is 0.240 e. The van der Waals surface area contributed by atoms with E-state index < -0.39 is 16.1 Å². The Labute approximate surface area is 152 Å². The maximum Gasteiger partial charge on any atom is 0.240 e. The molecule has 6 nitrogen and oxygen atoms in total. The quantitative estimate of drug-likeness (QED) is 0.756. The van der Waals surface area contributed by atoms with Crippen molar-refractivity contribution in [2.45, 2.75) is 11.0 Å². The Hall–Kier alpha value is -1.80. The van der Waals surface area contributed by atoms with Crippen molar-refractivity contribution in [1.82, 2.24) is 4.72 Å². The van der Waals surface area contributed by atoms with Gasteiger partial charge in [-0.05, 0) is 35.9 Å². The van der Waals surface area contributed by atoms with Crippen molar-refractivity contribution >= 4 is 21.6 Å². The van der Waals surface area contributed by atoms with E-state index in [0.717, 1.165) is 5.56 Å². The Morgan fingerprint density at radius 3 is 2.44 bits per heavy atom. The fourth-order valence-electron chi connectivity index (χ4n) is 2.26. The summed E-state index contributed by atoms with van der Waals surface area (Å²) in [6.45, 7) is 0.0651. The second-order valence-electron chi connectivity index (χ2n) is 5.15. The summed E-state index contributed by atoms with van der Waals surface area (Å²) in [4.78, 5) is 0.0544. The van der Waals surface area contributed by atoms with Crippen LogP contribution in [0.4, 0.5) is 0 Å². The number of rotatable bonds is 8. The van der Waals surface area contributed by atoms with Gasteiger partial charge in [0.15, 0.2) is 0 Å². The van der Waals surface area contributed by atoms with Crippen LogP contribution in [-0.4, -0.2) is 36.3 Å². The van der Waals surface area contributed by atoms with E-state index in [1.54, 1.807) is 19.2 Å². The third-order valence-electron chi connectivity index (χ3n) is 3.64. The Morgan fingerprint density at radius 1 is 1.08 bits per heavy atom. The Morgan fingerprint density at radius 2 is 1.84 bits per heavy atom. The first-order valence-electron chi connectivity index (χ1n) is 7.41. The van der Waals surface area contributed by atoms with E-state index in [4.69, 9.17) is 25.8 Å². The van der Waals surface area contributed by atoms with Crippen molar-refractivity contribution in [1.29, 1.82) is 0 Å². The zero-order valence-corrected chi connectivity index (χ0v) is 15.7. The number of ether oxygens (including phenoxy) is 3. The lowest BCUT2D eigenvalue weighted by Gasteiger charge is -2.17. The van der Waals surface area contributed by atoms with Gasteiger partial charge in [0.1, 0.15) is 11.5 Å². The molecule has 0 aliphatic carbocycles. The van der Waals surface area contributed by atoms with Gasteiger partial charge in [0, 0.05) is 13.7 Å². The zero-order chi connectivity index (χ0) is 18.4. The van der Waals surface area contributed by atoms with Crippen molar-refractivity contribution in [2.24, 2.45) is 0 Å². The van der Waals surface area contributed by atoms with Crippen molar-refractivity contribution in [2.75, 3.05) is 27.9 Å². The Balaban J connectivity index is 2.15. The highest BCUT2D eigenvalue weighted by atomic mass is 35.5. The fourth-order valence-corrected chi connectivity index (χ4v) is 3.64. The molecule has 0 heterocycles. The standard InChI is InChI=1S/C17H20ClNO5S/c1-22-13-6-4-5-12(9-13)17(24-3)11-19-25(20,21)14-7-8-16(23-2)15(18)10-14/h4-10,17,19H,11H2,1-3H3/t17-/m0/s1. The van der Waals surface area contributed by atoms with Gasteiger partial charge < -0.3 is 14.2 Å². The second-order valence-corrected chi connectivity index (χ2v) is 7.32. The lowest BCUT2D eigenvalue weighted by Crippen LogP contribution is -2.29. The van der Waals surface area contributed by atoms with Crippen LogP contribution in [0.15, 0.2) is 47.4 Å². The molecule has 0 aliphatic rings. The molecule has 8 heteroatoms. The number of halogens is 1. The molecular weight excluding hydrogens is 366 g/mol. The lowest BCUT2D eigenvalue weighted by molar-refractivity contribution is 0.107. The van der Waals surface area contributed by atoms with Gasteiger partial charge in [0.2, 0.25) is 10.0 Å². The number of nitrogens with one attached hydrogen (secondary N) is 1. The van der Waals surface area contributed by atoms with Gasteiger partial charge in [-0.3, -0.25) is 0 Å². The summed E-state index contributed by atoms with van der Waals surface area (Å²) >= 11 is 6.00. The molecule has 1 atom stereocenters. The third kappa shape index (κ3) is 4.85. The van der Waals surface area contributed by atoms with Crippen LogP contribution in [0.1, 0.15) is 11.7 Å². The van der Waals surface area contributed by atoms with E-state index in [2.05, 4.69) is 4.72 Å². The maximum atomic E-state index is 12.5. The average Bonchev–Trinajstić information content (AvgIpc) is 2.62. The van der Waals surface area contributed by atoms with Crippen molar-refractivity contribution in [3.8, 4) is 11.5 Å². The van der Waals surface area contributed by atoms with Crippen LogP contribution in [0, 0.1) is 0 Å². The molecule has 0 saturated carbocycles. The van der Waals surface area contributed by atoms with Crippen LogP contribution in [-0.2, 0) is 14.8 Å². The molecule has 0 unspecified atom stereocenters. The van der Waals surface area contributed by atoms with Crippen LogP contribution in [0.5, 0.6) is 11.5 Å². The van der Waals surface area contributed by atoms with Crippen LogP contribution in [0.25, 0.3) is 0 Å².